The van der Waals surface area contributed by atoms with E-state index in [0.29, 0.717) is 5.92 Å². The van der Waals surface area contributed by atoms with Gasteiger partial charge in [0.25, 0.3) is 0 Å². The van der Waals surface area contributed by atoms with E-state index in [2.05, 4.69) is 37.3 Å². The molecule has 1 heteroatoms. The minimum atomic E-state index is 0.669. The molecular weight excluding hydrogens is 182 g/mol. The van der Waals surface area contributed by atoms with Crippen molar-refractivity contribution in [2.24, 2.45) is 5.73 Å². The third-order valence-electron chi connectivity index (χ3n) is 2.94. The number of hydrogen-bond donors (Lipinski definition) is 1. The van der Waals surface area contributed by atoms with Gasteiger partial charge in [0.15, 0.2) is 0 Å². The number of unbranched alkanes of at least 4 members (excludes halogenated alkanes) is 2. The molecule has 15 heavy (non-hydrogen) atoms. The molecule has 0 fully saturated rings. The summed E-state index contributed by atoms with van der Waals surface area (Å²) >= 11 is 0. The van der Waals surface area contributed by atoms with Gasteiger partial charge < -0.3 is 5.73 Å². The Morgan fingerprint density at radius 3 is 2.40 bits per heavy atom. The Kier molecular flexibility index (Phi) is 6.10. The Morgan fingerprint density at radius 2 is 1.80 bits per heavy atom. The fourth-order valence-electron chi connectivity index (χ4n) is 2.04. The van der Waals surface area contributed by atoms with E-state index in [1.54, 1.807) is 0 Å². The SMILES string of the molecule is CCCCCC(CCN)c1ccccc1. The lowest BCUT2D eigenvalue weighted by Gasteiger charge is -2.16. The van der Waals surface area contributed by atoms with Gasteiger partial charge in [-0.05, 0) is 30.9 Å². The van der Waals surface area contributed by atoms with Gasteiger partial charge in [-0.1, -0.05) is 56.5 Å². The zero-order valence-corrected chi connectivity index (χ0v) is 9.78. The van der Waals surface area contributed by atoms with Crippen LogP contribution in [0.25, 0.3) is 0 Å². The van der Waals surface area contributed by atoms with Crippen LogP contribution < -0.4 is 5.73 Å². The van der Waals surface area contributed by atoms with Crippen molar-refractivity contribution in [1.29, 1.82) is 0 Å². The van der Waals surface area contributed by atoms with E-state index in [1.807, 2.05) is 0 Å². The molecule has 0 aromatic heterocycles. The van der Waals surface area contributed by atoms with E-state index < -0.39 is 0 Å². The maximum atomic E-state index is 5.67. The summed E-state index contributed by atoms with van der Waals surface area (Å²) in [4.78, 5) is 0. The van der Waals surface area contributed by atoms with Gasteiger partial charge in [0.1, 0.15) is 0 Å². The molecule has 0 saturated carbocycles. The standard InChI is InChI=1S/C14H23N/c1-2-3-5-8-14(11-12-15)13-9-6-4-7-10-13/h4,6-7,9-10,14H,2-3,5,8,11-12,15H2,1H3. The number of benzene rings is 1. The highest BCUT2D eigenvalue weighted by Crippen LogP contribution is 2.25. The van der Waals surface area contributed by atoms with Crippen LogP contribution in [0.4, 0.5) is 0 Å². The summed E-state index contributed by atoms with van der Waals surface area (Å²) < 4.78 is 0. The summed E-state index contributed by atoms with van der Waals surface area (Å²) in [5.74, 6) is 0.669. The number of rotatable bonds is 7. The van der Waals surface area contributed by atoms with E-state index in [-0.39, 0.29) is 0 Å². The minimum Gasteiger partial charge on any atom is -0.330 e. The first kappa shape index (κ1) is 12.3. The van der Waals surface area contributed by atoms with E-state index in [1.165, 1.54) is 31.2 Å². The molecule has 1 rings (SSSR count). The molecule has 0 amide bonds. The molecule has 0 heterocycles. The molecule has 1 atom stereocenters. The maximum Gasteiger partial charge on any atom is -0.00714 e. The highest BCUT2D eigenvalue weighted by Gasteiger charge is 2.09. The lowest BCUT2D eigenvalue weighted by Crippen LogP contribution is -2.07. The van der Waals surface area contributed by atoms with Gasteiger partial charge in [-0.25, -0.2) is 0 Å². The molecule has 0 aliphatic rings. The normalized spacial score (nSPS) is 12.7. The summed E-state index contributed by atoms with van der Waals surface area (Å²) in [7, 11) is 0. The van der Waals surface area contributed by atoms with Crippen molar-refractivity contribution in [3.05, 3.63) is 35.9 Å². The van der Waals surface area contributed by atoms with Crippen LogP contribution in [0.3, 0.4) is 0 Å². The van der Waals surface area contributed by atoms with Crippen molar-refractivity contribution >= 4 is 0 Å². The monoisotopic (exact) mass is 205 g/mol. The van der Waals surface area contributed by atoms with Crippen molar-refractivity contribution in [1.82, 2.24) is 0 Å². The van der Waals surface area contributed by atoms with Gasteiger partial charge >= 0.3 is 0 Å². The fraction of sp³-hybridized carbons (Fsp3) is 0.571. The molecule has 84 valence electrons. The van der Waals surface area contributed by atoms with Crippen LogP contribution in [-0.4, -0.2) is 6.54 Å². The van der Waals surface area contributed by atoms with Crippen LogP contribution in [0.15, 0.2) is 30.3 Å². The Labute approximate surface area is 93.7 Å². The van der Waals surface area contributed by atoms with Gasteiger partial charge in [0.2, 0.25) is 0 Å². The third-order valence-corrected chi connectivity index (χ3v) is 2.94. The fourth-order valence-corrected chi connectivity index (χ4v) is 2.04. The van der Waals surface area contributed by atoms with Crippen LogP contribution in [-0.2, 0) is 0 Å². The highest BCUT2D eigenvalue weighted by molar-refractivity contribution is 5.19. The Bertz CT molecular complexity index is 243. The van der Waals surface area contributed by atoms with Gasteiger partial charge in [-0.3, -0.25) is 0 Å². The topological polar surface area (TPSA) is 26.0 Å². The molecule has 0 saturated heterocycles. The predicted molar refractivity (Wildman–Crippen MR) is 67.0 cm³/mol. The second kappa shape index (κ2) is 7.47. The third kappa shape index (κ3) is 4.48. The molecular formula is C14H23N. The van der Waals surface area contributed by atoms with Gasteiger partial charge in [-0.2, -0.15) is 0 Å². The maximum absolute atomic E-state index is 5.67. The van der Waals surface area contributed by atoms with Crippen molar-refractivity contribution < 1.29 is 0 Å². The van der Waals surface area contributed by atoms with Gasteiger partial charge in [0.05, 0.1) is 0 Å². The van der Waals surface area contributed by atoms with Crippen molar-refractivity contribution in [2.45, 2.75) is 44.9 Å². The minimum absolute atomic E-state index is 0.669. The summed E-state index contributed by atoms with van der Waals surface area (Å²) in [6.07, 6.45) is 6.37. The van der Waals surface area contributed by atoms with E-state index in [0.717, 1.165) is 13.0 Å². The second-order valence-corrected chi connectivity index (χ2v) is 4.18. The molecule has 0 spiro atoms. The van der Waals surface area contributed by atoms with Crippen LogP contribution in [0.5, 0.6) is 0 Å². The summed E-state index contributed by atoms with van der Waals surface area (Å²) in [6.45, 7) is 3.05. The van der Waals surface area contributed by atoms with Crippen molar-refractivity contribution in [3.63, 3.8) is 0 Å². The average molecular weight is 205 g/mol. The zero-order valence-electron chi connectivity index (χ0n) is 9.78. The second-order valence-electron chi connectivity index (χ2n) is 4.18. The van der Waals surface area contributed by atoms with Crippen LogP contribution in [0.1, 0.15) is 50.5 Å². The molecule has 0 bridgehead atoms. The number of nitrogens with two attached hydrogens (primary N) is 1. The van der Waals surface area contributed by atoms with Crippen LogP contribution in [0, 0.1) is 0 Å². The molecule has 0 radical (unpaired) electrons. The first-order valence-corrected chi connectivity index (χ1v) is 6.13. The zero-order chi connectivity index (χ0) is 10.9. The molecule has 0 aliphatic carbocycles. The van der Waals surface area contributed by atoms with E-state index in [4.69, 9.17) is 5.73 Å². The average Bonchev–Trinajstić information content (AvgIpc) is 2.29. The smallest absolute Gasteiger partial charge is 0.00714 e. The number of hydrogen-bond acceptors (Lipinski definition) is 1. The van der Waals surface area contributed by atoms with Crippen LogP contribution >= 0.6 is 0 Å². The summed E-state index contributed by atoms with van der Waals surface area (Å²) in [5, 5.41) is 0. The molecule has 1 aromatic rings. The van der Waals surface area contributed by atoms with Gasteiger partial charge in [0, 0.05) is 0 Å². The van der Waals surface area contributed by atoms with Crippen molar-refractivity contribution in [2.75, 3.05) is 6.54 Å². The molecule has 2 N–H and O–H groups in total. The Hall–Kier alpha value is -0.820. The molecule has 1 unspecified atom stereocenters. The Morgan fingerprint density at radius 1 is 1.07 bits per heavy atom. The first-order chi connectivity index (χ1) is 7.38. The Balaban J connectivity index is 2.50. The largest absolute Gasteiger partial charge is 0.330 e. The molecule has 1 nitrogen and oxygen atoms in total. The lowest BCUT2D eigenvalue weighted by atomic mass is 9.90. The van der Waals surface area contributed by atoms with Crippen molar-refractivity contribution in [3.8, 4) is 0 Å². The quantitative estimate of drug-likeness (QED) is 0.675. The summed E-state index contributed by atoms with van der Waals surface area (Å²) in [6, 6.07) is 10.8. The van der Waals surface area contributed by atoms with Crippen LogP contribution in [0.2, 0.25) is 0 Å². The first-order valence-electron chi connectivity index (χ1n) is 6.13. The lowest BCUT2D eigenvalue weighted by molar-refractivity contribution is 0.540. The molecule has 0 aliphatic heterocycles. The molecule has 1 aromatic carbocycles. The van der Waals surface area contributed by atoms with E-state index >= 15 is 0 Å². The predicted octanol–water partition coefficient (Wildman–Crippen LogP) is 3.70. The van der Waals surface area contributed by atoms with E-state index in [9.17, 15) is 0 Å². The summed E-state index contributed by atoms with van der Waals surface area (Å²) in [5.41, 5.74) is 7.13. The highest BCUT2D eigenvalue weighted by atomic mass is 14.5. The van der Waals surface area contributed by atoms with Gasteiger partial charge in [-0.15, -0.1) is 0 Å².